The summed E-state index contributed by atoms with van der Waals surface area (Å²) in [7, 11) is 0. The number of nitrogens with zero attached hydrogens (tertiary/aromatic N) is 1. The highest BCUT2D eigenvalue weighted by molar-refractivity contribution is 5.97. The topological polar surface area (TPSA) is 39.2 Å². The molecule has 0 amide bonds. The molecule has 1 aliphatic carbocycles. The zero-order valence-corrected chi connectivity index (χ0v) is 11.2. The number of hydrogen-bond donors (Lipinski definition) is 0. The second-order valence-electron chi connectivity index (χ2n) is 5.39. The van der Waals surface area contributed by atoms with Crippen molar-refractivity contribution in [3.63, 3.8) is 0 Å². The van der Waals surface area contributed by atoms with Crippen LogP contribution in [0.4, 0.5) is 0 Å². The summed E-state index contributed by atoms with van der Waals surface area (Å²) in [6, 6.07) is 9.58. The van der Waals surface area contributed by atoms with Crippen LogP contribution in [0.1, 0.15) is 37.2 Å². The molecular weight excluding hydrogens is 238 g/mol. The number of rotatable bonds is 4. The lowest BCUT2D eigenvalue weighted by atomic mass is 10.0. The number of carbonyl (C=O) groups is 1. The molecule has 98 valence electrons. The van der Waals surface area contributed by atoms with E-state index in [-0.39, 0.29) is 11.7 Å². The summed E-state index contributed by atoms with van der Waals surface area (Å²) in [5, 5.41) is 1.01. The lowest BCUT2D eigenvalue weighted by molar-refractivity contribution is 0.0935. The number of ketones is 1. The Morgan fingerprint density at radius 1 is 1.26 bits per heavy atom. The third-order valence-electron chi connectivity index (χ3n) is 3.26. The molecule has 1 fully saturated rings. The lowest BCUT2D eigenvalue weighted by Crippen LogP contribution is -2.09. The van der Waals surface area contributed by atoms with Crippen LogP contribution >= 0.6 is 0 Å². The zero-order chi connectivity index (χ0) is 13.4. The van der Waals surface area contributed by atoms with E-state index in [9.17, 15) is 4.79 Å². The van der Waals surface area contributed by atoms with E-state index in [0.717, 1.165) is 29.5 Å². The van der Waals surface area contributed by atoms with E-state index < -0.39 is 0 Å². The molecule has 1 saturated carbocycles. The molecule has 0 atom stereocenters. The number of Topliss-reactive ketones (excluding diaryl/α,β-unsaturated/α-hetero) is 1. The molecule has 1 heterocycles. The molecule has 1 aromatic carbocycles. The minimum absolute atomic E-state index is 0.0255. The molecule has 0 unspecified atom stereocenters. The fraction of sp³-hybridized carbons (Fsp3) is 0.375. The predicted octanol–water partition coefficient (Wildman–Crippen LogP) is 3.61. The van der Waals surface area contributed by atoms with Gasteiger partial charge in [-0.3, -0.25) is 4.79 Å². The smallest absolute Gasteiger partial charge is 0.183 e. The molecular formula is C16H17NO2. The number of ether oxygens (including phenoxy) is 1. The van der Waals surface area contributed by atoms with Crippen molar-refractivity contribution in [3.8, 4) is 5.75 Å². The zero-order valence-electron chi connectivity index (χ0n) is 11.2. The number of pyridine rings is 1. The van der Waals surface area contributed by atoms with Crippen LogP contribution in [0, 0.1) is 5.92 Å². The Balaban J connectivity index is 1.93. The first-order valence-electron chi connectivity index (χ1n) is 6.75. The van der Waals surface area contributed by atoms with Gasteiger partial charge < -0.3 is 4.74 Å². The van der Waals surface area contributed by atoms with Crippen LogP contribution in [0.15, 0.2) is 30.3 Å². The first-order valence-corrected chi connectivity index (χ1v) is 6.75. The van der Waals surface area contributed by atoms with Crippen molar-refractivity contribution in [3.05, 3.63) is 36.0 Å². The second kappa shape index (κ2) is 4.65. The van der Waals surface area contributed by atoms with Crippen LogP contribution in [-0.2, 0) is 0 Å². The fourth-order valence-corrected chi connectivity index (χ4v) is 1.99. The maximum atomic E-state index is 11.9. The quantitative estimate of drug-likeness (QED) is 0.783. The van der Waals surface area contributed by atoms with Crippen molar-refractivity contribution in [2.24, 2.45) is 5.92 Å². The second-order valence-corrected chi connectivity index (χ2v) is 5.39. The summed E-state index contributed by atoms with van der Waals surface area (Å²) in [5.74, 6) is 0.947. The Bertz CT molecular complexity index is 630. The standard InChI is InChI=1S/C16H17NO2/c1-10(2)16(18)15-7-3-11-9-13(19-12-4-5-12)6-8-14(11)17-15/h3,6-10,12H,4-5H2,1-2H3. The number of aromatic nitrogens is 1. The van der Waals surface area contributed by atoms with Gasteiger partial charge in [-0.25, -0.2) is 4.98 Å². The minimum Gasteiger partial charge on any atom is -0.490 e. The third kappa shape index (κ3) is 2.60. The molecule has 3 nitrogen and oxygen atoms in total. The Kier molecular flexibility index (Phi) is 2.97. The van der Waals surface area contributed by atoms with Gasteiger partial charge in [0.25, 0.3) is 0 Å². The molecule has 0 N–H and O–H groups in total. The minimum atomic E-state index is -0.0255. The monoisotopic (exact) mass is 255 g/mol. The van der Waals surface area contributed by atoms with Crippen LogP contribution in [-0.4, -0.2) is 16.9 Å². The fourth-order valence-electron chi connectivity index (χ4n) is 1.99. The Labute approximate surface area is 112 Å². The normalized spacial score (nSPS) is 14.9. The SMILES string of the molecule is CC(C)C(=O)c1ccc2cc(OC3CC3)ccc2n1. The van der Waals surface area contributed by atoms with E-state index in [1.165, 1.54) is 0 Å². The van der Waals surface area contributed by atoms with Gasteiger partial charge in [0, 0.05) is 11.3 Å². The maximum absolute atomic E-state index is 11.9. The molecule has 0 aliphatic heterocycles. The van der Waals surface area contributed by atoms with Crippen molar-refractivity contribution >= 4 is 16.7 Å². The molecule has 3 rings (SSSR count). The van der Waals surface area contributed by atoms with Crippen LogP contribution in [0.25, 0.3) is 10.9 Å². The first kappa shape index (κ1) is 12.2. The van der Waals surface area contributed by atoms with Crippen molar-refractivity contribution in [2.45, 2.75) is 32.8 Å². The largest absolute Gasteiger partial charge is 0.490 e. The first-order chi connectivity index (χ1) is 9.13. The van der Waals surface area contributed by atoms with Crippen LogP contribution < -0.4 is 4.74 Å². The number of carbonyl (C=O) groups excluding carboxylic acids is 1. The van der Waals surface area contributed by atoms with Crippen LogP contribution in [0.5, 0.6) is 5.75 Å². The molecule has 0 bridgehead atoms. The van der Waals surface area contributed by atoms with Crippen molar-refractivity contribution in [1.29, 1.82) is 0 Å². The average Bonchev–Trinajstić information content (AvgIpc) is 3.21. The number of fused-ring (bicyclic) bond motifs is 1. The molecule has 2 aromatic rings. The van der Waals surface area contributed by atoms with E-state index in [0.29, 0.717) is 11.8 Å². The Morgan fingerprint density at radius 2 is 2.05 bits per heavy atom. The molecule has 19 heavy (non-hydrogen) atoms. The van der Waals surface area contributed by atoms with Crippen molar-refractivity contribution in [1.82, 2.24) is 4.98 Å². The van der Waals surface area contributed by atoms with Crippen LogP contribution in [0.2, 0.25) is 0 Å². The summed E-state index contributed by atoms with van der Waals surface area (Å²) in [6.45, 7) is 3.78. The van der Waals surface area contributed by atoms with E-state index in [1.807, 2.05) is 38.1 Å². The summed E-state index contributed by atoms with van der Waals surface area (Å²) < 4.78 is 5.75. The van der Waals surface area contributed by atoms with Gasteiger partial charge in [0.05, 0.1) is 11.6 Å². The van der Waals surface area contributed by atoms with Gasteiger partial charge in [-0.1, -0.05) is 19.9 Å². The molecule has 3 heteroatoms. The molecule has 0 saturated heterocycles. The average molecular weight is 255 g/mol. The van der Waals surface area contributed by atoms with E-state index in [1.54, 1.807) is 6.07 Å². The predicted molar refractivity (Wildman–Crippen MR) is 74.6 cm³/mol. The van der Waals surface area contributed by atoms with Gasteiger partial charge in [0.1, 0.15) is 11.4 Å². The summed E-state index contributed by atoms with van der Waals surface area (Å²) >= 11 is 0. The summed E-state index contributed by atoms with van der Waals surface area (Å²) in [4.78, 5) is 16.3. The van der Waals surface area contributed by atoms with Gasteiger partial charge in [0.15, 0.2) is 5.78 Å². The maximum Gasteiger partial charge on any atom is 0.183 e. The highest BCUT2D eigenvalue weighted by Gasteiger charge is 2.23. The summed E-state index contributed by atoms with van der Waals surface area (Å²) in [6.07, 6.45) is 2.70. The highest BCUT2D eigenvalue weighted by Crippen LogP contribution is 2.28. The van der Waals surface area contributed by atoms with Gasteiger partial charge >= 0.3 is 0 Å². The highest BCUT2D eigenvalue weighted by atomic mass is 16.5. The van der Waals surface area contributed by atoms with Gasteiger partial charge in [-0.2, -0.15) is 0 Å². The molecule has 0 spiro atoms. The van der Waals surface area contributed by atoms with Crippen LogP contribution in [0.3, 0.4) is 0 Å². The Morgan fingerprint density at radius 3 is 2.74 bits per heavy atom. The third-order valence-corrected chi connectivity index (χ3v) is 3.26. The van der Waals surface area contributed by atoms with Gasteiger partial charge in [-0.15, -0.1) is 0 Å². The van der Waals surface area contributed by atoms with Gasteiger partial charge in [0.2, 0.25) is 0 Å². The molecule has 1 aromatic heterocycles. The molecule has 0 radical (unpaired) electrons. The number of benzene rings is 1. The van der Waals surface area contributed by atoms with E-state index in [2.05, 4.69) is 4.98 Å². The van der Waals surface area contributed by atoms with Crippen molar-refractivity contribution in [2.75, 3.05) is 0 Å². The van der Waals surface area contributed by atoms with Crippen molar-refractivity contribution < 1.29 is 9.53 Å². The lowest BCUT2D eigenvalue weighted by Gasteiger charge is -2.07. The molecule has 1 aliphatic rings. The van der Waals surface area contributed by atoms with Gasteiger partial charge in [-0.05, 0) is 37.1 Å². The number of hydrogen-bond acceptors (Lipinski definition) is 3. The van der Waals surface area contributed by atoms with E-state index in [4.69, 9.17) is 4.74 Å². The summed E-state index contributed by atoms with van der Waals surface area (Å²) in [5.41, 5.74) is 1.38. The van der Waals surface area contributed by atoms with E-state index >= 15 is 0 Å². The Hall–Kier alpha value is -1.90.